The van der Waals surface area contributed by atoms with Crippen LogP contribution in [0.5, 0.6) is 0 Å². The van der Waals surface area contributed by atoms with E-state index in [4.69, 9.17) is 5.11 Å². The average Bonchev–Trinajstić information content (AvgIpc) is 2.15. The Bertz CT molecular complexity index is 128. The van der Waals surface area contributed by atoms with E-state index in [9.17, 15) is 0 Å². The summed E-state index contributed by atoms with van der Waals surface area (Å²) in [6, 6.07) is 0.607. The van der Waals surface area contributed by atoms with Gasteiger partial charge in [0.25, 0.3) is 0 Å². The SMILES string of the molecule is CC(C)NCC1CCC(CO)CC1. The van der Waals surface area contributed by atoms with E-state index in [1.165, 1.54) is 25.7 Å². The zero-order chi connectivity index (χ0) is 9.68. The number of aliphatic hydroxyl groups excluding tert-OH is 1. The van der Waals surface area contributed by atoms with Crippen molar-refractivity contribution in [2.75, 3.05) is 13.2 Å². The van der Waals surface area contributed by atoms with Crippen LogP contribution in [0.15, 0.2) is 0 Å². The molecule has 0 aliphatic heterocycles. The molecule has 0 aromatic rings. The van der Waals surface area contributed by atoms with E-state index in [0.717, 1.165) is 12.5 Å². The Morgan fingerprint density at radius 2 is 1.69 bits per heavy atom. The number of hydrogen-bond donors (Lipinski definition) is 2. The highest BCUT2D eigenvalue weighted by Crippen LogP contribution is 2.27. The van der Waals surface area contributed by atoms with Crippen molar-refractivity contribution in [3.05, 3.63) is 0 Å². The molecule has 1 aliphatic rings. The molecule has 13 heavy (non-hydrogen) atoms. The first-order valence-electron chi connectivity index (χ1n) is 5.56. The van der Waals surface area contributed by atoms with Crippen molar-refractivity contribution in [1.29, 1.82) is 0 Å². The van der Waals surface area contributed by atoms with Crippen molar-refractivity contribution in [3.63, 3.8) is 0 Å². The molecule has 2 nitrogen and oxygen atoms in total. The van der Waals surface area contributed by atoms with Gasteiger partial charge in [-0.1, -0.05) is 13.8 Å². The number of hydrogen-bond acceptors (Lipinski definition) is 2. The summed E-state index contributed by atoms with van der Waals surface area (Å²) in [5.41, 5.74) is 0. The van der Waals surface area contributed by atoms with Crippen molar-refractivity contribution in [1.82, 2.24) is 5.32 Å². The first-order valence-corrected chi connectivity index (χ1v) is 5.56. The van der Waals surface area contributed by atoms with Gasteiger partial charge in [0, 0.05) is 12.6 Å². The molecule has 1 fully saturated rings. The van der Waals surface area contributed by atoms with Crippen LogP contribution in [0.1, 0.15) is 39.5 Å². The summed E-state index contributed by atoms with van der Waals surface area (Å²) in [4.78, 5) is 0. The van der Waals surface area contributed by atoms with Crippen molar-refractivity contribution >= 4 is 0 Å². The van der Waals surface area contributed by atoms with E-state index in [1.54, 1.807) is 0 Å². The highest BCUT2D eigenvalue weighted by Gasteiger charge is 2.20. The van der Waals surface area contributed by atoms with Crippen molar-refractivity contribution in [3.8, 4) is 0 Å². The zero-order valence-electron chi connectivity index (χ0n) is 8.92. The van der Waals surface area contributed by atoms with Crippen LogP contribution in [0.2, 0.25) is 0 Å². The molecule has 1 rings (SSSR count). The molecule has 0 spiro atoms. The van der Waals surface area contributed by atoms with Crippen LogP contribution in [-0.2, 0) is 0 Å². The van der Waals surface area contributed by atoms with Crippen LogP contribution in [-0.4, -0.2) is 24.3 Å². The standard InChI is InChI=1S/C11H23NO/c1-9(2)12-7-10-3-5-11(8-13)6-4-10/h9-13H,3-8H2,1-2H3. The second-order valence-electron chi connectivity index (χ2n) is 4.63. The Morgan fingerprint density at radius 1 is 1.15 bits per heavy atom. The lowest BCUT2D eigenvalue weighted by Crippen LogP contribution is -2.31. The van der Waals surface area contributed by atoms with E-state index in [-0.39, 0.29) is 0 Å². The van der Waals surface area contributed by atoms with Crippen molar-refractivity contribution in [2.45, 2.75) is 45.6 Å². The second kappa shape index (κ2) is 5.61. The first kappa shape index (κ1) is 11.0. The molecule has 1 aliphatic carbocycles. The van der Waals surface area contributed by atoms with E-state index in [2.05, 4.69) is 19.2 Å². The predicted molar refractivity (Wildman–Crippen MR) is 55.7 cm³/mol. The molecule has 0 radical (unpaired) electrons. The lowest BCUT2D eigenvalue weighted by atomic mass is 9.82. The minimum absolute atomic E-state index is 0.393. The van der Waals surface area contributed by atoms with Gasteiger partial charge in [0.15, 0.2) is 0 Å². The van der Waals surface area contributed by atoms with Gasteiger partial charge in [-0.15, -0.1) is 0 Å². The average molecular weight is 185 g/mol. The summed E-state index contributed by atoms with van der Waals surface area (Å²) in [7, 11) is 0. The number of nitrogens with one attached hydrogen (secondary N) is 1. The van der Waals surface area contributed by atoms with E-state index >= 15 is 0 Å². The lowest BCUT2D eigenvalue weighted by molar-refractivity contribution is 0.165. The molecule has 0 amide bonds. The fourth-order valence-corrected chi connectivity index (χ4v) is 2.02. The monoisotopic (exact) mass is 185 g/mol. The van der Waals surface area contributed by atoms with Crippen LogP contribution >= 0.6 is 0 Å². The van der Waals surface area contributed by atoms with Crippen LogP contribution in [0.4, 0.5) is 0 Å². The Balaban J connectivity index is 2.10. The summed E-state index contributed by atoms with van der Waals surface area (Å²) >= 11 is 0. The molecule has 0 aromatic carbocycles. The van der Waals surface area contributed by atoms with Gasteiger partial charge in [0.2, 0.25) is 0 Å². The van der Waals surface area contributed by atoms with Gasteiger partial charge in [-0.3, -0.25) is 0 Å². The molecular formula is C11H23NO. The maximum Gasteiger partial charge on any atom is 0.0459 e. The Morgan fingerprint density at radius 3 is 2.15 bits per heavy atom. The van der Waals surface area contributed by atoms with Crippen molar-refractivity contribution < 1.29 is 5.11 Å². The molecule has 0 atom stereocenters. The van der Waals surface area contributed by atoms with Crippen LogP contribution in [0.25, 0.3) is 0 Å². The quantitative estimate of drug-likeness (QED) is 0.700. The van der Waals surface area contributed by atoms with Gasteiger partial charge in [0.05, 0.1) is 0 Å². The number of rotatable bonds is 4. The van der Waals surface area contributed by atoms with Gasteiger partial charge in [-0.05, 0) is 44.1 Å². The molecule has 0 aromatic heterocycles. The van der Waals surface area contributed by atoms with Gasteiger partial charge >= 0.3 is 0 Å². The lowest BCUT2D eigenvalue weighted by Gasteiger charge is -2.28. The Hall–Kier alpha value is -0.0800. The van der Waals surface area contributed by atoms with Gasteiger partial charge < -0.3 is 10.4 Å². The summed E-state index contributed by atoms with van der Waals surface area (Å²) in [6.45, 7) is 5.94. The third-order valence-corrected chi connectivity index (χ3v) is 3.04. The topological polar surface area (TPSA) is 32.3 Å². The van der Waals surface area contributed by atoms with Gasteiger partial charge in [0.1, 0.15) is 0 Å². The molecule has 0 bridgehead atoms. The molecule has 0 unspecified atom stereocenters. The summed E-state index contributed by atoms with van der Waals surface area (Å²) in [6.07, 6.45) is 5.04. The third kappa shape index (κ3) is 4.10. The smallest absolute Gasteiger partial charge is 0.0459 e. The van der Waals surface area contributed by atoms with Crippen LogP contribution < -0.4 is 5.32 Å². The predicted octanol–water partition coefficient (Wildman–Crippen LogP) is 1.78. The molecule has 78 valence electrons. The Kier molecular flexibility index (Phi) is 4.74. The van der Waals surface area contributed by atoms with Gasteiger partial charge in [-0.2, -0.15) is 0 Å². The molecule has 0 saturated heterocycles. The molecule has 2 heteroatoms. The minimum Gasteiger partial charge on any atom is -0.396 e. The summed E-state index contributed by atoms with van der Waals surface area (Å²) < 4.78 is 0. The van der Waals surface area contributed by atoms with Gasteiger partial charge in [-0.25, -0.2) is 0 Å². The normalized spacial score (nSPS) is 29.5. The maximum absolute atomic E-state index is 8.98. The van der Waals surface area contributed by atoms with E-state index in [1.807, 2.05) is 0 Å². The summed E-state index contributed by atoms with van der Waals surface area (Å²) in [5, 5.41) is 12.5. The highest BCUT2D eigenvalue weighted by molar-refractivity contribution is 4.74. The fraction of sp³-hybridized carbons (Fsp3) is 1.00. The molecule has 1 saturated carbocycles. The largest absolute Gasteiger partial charge is 0.396 e. The zero-order valence-corrected chi connectivity index (χ0v) is 8.92. The first-order chi connectivity index (χ1) is 6.22. The van der Waals surface area contributed by atoms with Crippen LogP contribution in [0.3, 0.4) is 0 Å². The number of aliphatic hydroxyl groups is 1. The fourth-order valence-electron chi connectivity index (χ4n) is 2.02. The molecular weight excluding hydrogens is 162 g/mol. The minimum atomic E-state index is 0.393. The molecule has 2 N–H and O–H groups in total. The third-order valence-electron chi connectivity index (χ3n) is 3.04. The van der Waals surface area contributed by atoms with E-state index in [0.29, 0.717) is 18.6 Å². The molecule has 0 heterocycles. The van der Waals surface area contributed by atoms with E-state index < -0.39 is 0 Å². The Labute approximate surface area is 81.7 Å². The summed E-state index contributed by atoms with van der Waals surface area (Å²) in [5.74, 6) is 1.44. The maximum atomic E-state index is 8.98. The highest BCUT2D eigenvalue weighted by atomic mass is 16.3. The van der Waals surface area contributed by atoms with Crippen LogP contribution in [0, 0.1) is 11.8 Å². The van der Waals surface area contributed by atoms with Crippen molar-refractivity contribution in [2.24, 2.45) is 11.8 Å². The second-order valence-corrected chi connectivity index (χ2v) is 4.63.